The number of carbonyl (C=O) groups is 3. The first-order chi connectivity index (χ1) is 12.5. The number of ketones is 1. The fraction of sp³-hybridized carbons (Fsp3) is 0.250. The largest absolute Gasteiger partial charge is 0.457 e. The summed E-state index contributed by atoms with van der Waals surface area (Å²) in [7, 11) is 0. The minimum absolute atomic E-state index is 0.0740. The molecule has 1 saturated heterocycles. The van der Waals surface area contributed by atoms with Crippen LogP contribution < -0.4 is 0 Å². The minimum Gasteiger partial charge on any atom is -0.457 e. The van der Waals surface area contributed by atoms with Crippen LogP contribution in [0.1, 0.15) is 22.3 Å². The van der Waals surface area contributed by atoms with Gasteiger partial charge in [0.15, 0.2) is 12.4 Å². The Labute approximate surface area is 160 Å². The maximum Gasteiger partial charge on any atom is 0.311 e. The van der Waals surface area contributed by atoms with Gasteiger partial charge < -0.3 is 9.64 Å². The van der Waals surface area contributed by atoms with Gasteiger partial charge >= 0.3 is 5.97 Å². The highest BCUT2D eigenvalue weighted by Gasteiger charge is 2.35. The molecule has 0 aliphatic carbocycles. The standard InChI is InChI=1S/C20H18BrNO4/c21-17-8-6-15(7-9-17)18(23)13-26-20(25)16-10-19(24)22(12-16)11-14-4-2-1-3-5-14/h1-9,16H,10-13H2/t16-/m1/s1. The first-order valence-corrected chi connectivity index (χ1v) is 9.09. The van der Waals surface area contributed by atoms with E-state index in [4.69, 9.17) is 4.74 Å². The summed E-state index contributed by atoms with van der Waals surface area (Å²) in [5, 5.41) is 0. The average molecular weight is 416 g/mol. The molecule has 5 nitrogen and oxygen atoms in total. The SMILES string of the molecule is O=C(COC(=O)[C@@H]1CC(=O)N(Cc2ccccc2)C1)c1ccc(Br)cc1. The van der Waals surface area contributed by atoms with Gasteiger partial charge in [0.1, 0.15) is 0 Å². The minimum atomic E-state index is -0.524. The van der Waals surface area contributed by atoms with E-state index in [0.717, 1.165) is 10.0 Å². The summed E-state index contributed by atoms with van der Waals surface area (Å²) in [4.78, 5) is 38.1. The second-order valence-corrected chi connectivity index (χ2v) is 7.11. The summed E-state index contributed by atoms with van der Waals surface area (Å²) < 4.78 is 6.01. The predicted molar refractivity (Wildman–Crippen MR) is 99.4 cm³/mol. The molecule has 1 aliphatic rings. The van der Waals surface area contributed by atoms with Crippen LogP contribution in [0.25, 0.3) is 0 Å². The molecule has 1 fully saturated rings. The number of rotatable bonds is 6. The fourth-order valence-corrected chi connectivity index (χ4v) is 3.12. The number of hydrogen-bond acceptors (Lipinski definition) is 4. The van der Waals surface area contributed by atoms with Crippen LogP contribution in [0.2, 0.25) is 0 Å². The number of ether oxygens (including phenoxy) is 1. The molecule has 0 bridgehead atoms. The van der Waals surface area contributed by atoms with Crippen LogP contribution in [0, 0.1) is 5.92 Å². The Morgan fingerprint density at radius 2 is 1.77 bits per heavy atom. The highest BCUT2D eigenvalue weighted by Crippen LogP contribution is 2.21. The van der Waals surface area contributed by atoms with Crippen LogP contribution in [0.5, 0.6) is 0 Å². The average Bonchev–Trinajstić information content (AvgIpc) is 3.01. The van der Waals surface area contributed by atoms with Crippen LogP contribution in [-0.4, -0.2) is 35.7 Å². The van der Waals surface area contributed by atoms with Crippen molar-refractivity contribution in [3.63, 3.8) is 0 Å². The van der Waals surface area contributed by atoms with Gasteiger partial charge in [-0.25, -0.2) is 0 Å². The van der Waals surface area contributed by atoms with Gasteiger partial charge in [-0.05, 0) is 17.7 Å². The van der Waals surface area contributed by atoms with Gasteiger partial charge in [-0.2, -0.15) is 0 Å². The Balaban J connectivity index is 1.51. The molecule has 2 aromatic carbocycles. The lowest BCUT2D eigenvalue weighted by atomic mass is 10.1. The van der Waals surface area contributed by atoms with E-state index >= 15 is 0 Å². The van der Waals surface area contributed by atoms with E-state index in [2.05, 4.69) is 15.9 Å². The molecule has 0 aromatic heterocycles. The number of hydrogen-bond donors (Lipinski definition) is 0. The normalized spacial score (nSPS) is 16.6. The second-order valence-electron chi connectivity index (χ2n) is 6.20. The van der Waals surface area contributed by atoms with E-state index in [1.54, 1.807) is 29.2 Å². The number of likely N-dealkylation sites (tertiary alicyclic amines) is 1. The lowest BCUT2D eigenvalue weighted by Gasteiger charge is -2.16. The Morgan fingerprint density at radius 1 is 1.08 bits per heavy atom. The van der Waals surface area contributed by atoms with Crippen molar-refractivity contribution in [3.05, 3.63) is 70.2 Å². The van der Waals surface area contributed by atoms with Gasteiger partial charge in [0.2, 0.25) is 5.91 Å². The van der Waals surface area contributed by atoms with Crippen molar-refractivity contribution in [3.8, 4) is 0 Å². The summed E-state index contributed by atoms with van der Waals surface area (Å²) in [6.45, 7) is 0.476. The molecule has 0 spiro atoms. The van der Waals surface area contributed by atoms with Gasteiger partial charge in [0.05, 0.1) is 5.92 Å². The smallest absolute Gasteiger partial charge is 0.311 e. The monoisotopic (exact) mass is 415 g/mol. The third-order valence-corrected chi connectivity index (χ3v) is 4.80. The predicted octanol–water partition coefficient (Wildman–Crippen LogP) is 3.22. The number of halogens is 1. The number of nitrogens with zero attached hydrogens (tertiary/aromatic N) is 1. The van der Waals surface area contributed by atoms with Gasteiger partial charge in [-0.15, -0.1) is 0 Å². The van der Waals surface area contributed by atoms with Crippen LogP contribution in [-0.2, 0) is 20.9 Å². The van der Waals surface area contributed by atoms with Gasteiger partial charge in [0, 0.05) is 29.5 Å². The molecular weight excluding hydrogens is 398 g/mol. The summed E-state index contributed by atoms with van der Waals surface area (Å²) >= 11 is 3.30. The first-order valence-electron chi connectivity index (χ1n) is 8.30. The molecule has 0 unspecified atom stereocenters. The van der Waals surface area contributed by atoms with Crippen molar-refractivity contribution in [1.29, 1.82) is 0 Å². The summed E-state index contributed by atoms with van der Waals surface area (Å²) in [6, 6.07) is 16.5. The Bertz CT molecular complexity index is 804. The molecule has 1 aliphatic heterocycles. The number of benzene rings is 2. The maximum absolute atomic E-state index is 12.2. The zero-order valence-electron chi connectivity index (χ0n) is 14.1. The van der Waals surface area contributed by atoms with Gasteiger partial charge in [-0.1, -0.05) is 58.4 Å². The van der Waals surface area contributed by atoms with Crippen LogP contribution >= 0.6 is 15.9 Å². The van der Waals surface area contributed by atoms with Crippen molar-refractivity contribution >= 4 is 33.6 Å². The molecule has 6 heteroatoms. The van der Waals surface area contributed by atoms with Crippen molar-refractivity contribution in [2.24, 2.45) is 5.92 Å². The van der Waals surface area contributed by atoms with Crippen molar-refractivity contribution in [1.82, 2.24) is 4.90 Å². The third kappa shape index (κ3) is 4.58. The van der Waals surface area contributed by atoms with Crippen molar-refractivity contribution in [2.45, 2.75) is 13.0 Å². The van der Waals surface area contributed by atoms with E-state index in [0.29, 0.717) is 18.7 Å². The summed E-state index contributed by atoms with van der Waals surface area (Å²) in [6.07, 6.45) is 0.123. The maximum atomic E-state index is 12.2. The topological polar surface area (TPSA) is 63.7 Å². The molecular formula is C20H18BrNO4. The fourth-order valence-electron chi connectivity index (χ4n) is 2.86. The summed E-state index contributed by atoms with van der Waals surface area (Å²) in [5.41, 5.74) is 1.49. The van der Waals surface area contributed by atoms with Gasteiger partial charge in [0.25, 0.3) is 0 Å². The third-order valence-electron chi connectivity index (χ3n) is 4.28. The van der Waals surface area contributed by atoms with Crippen molar-refractivity contribution in [2.75, 3.05) is 13.2 Å². The highest BCUT2D eigenvalue weighted by atomic mass is 79.9. The molecule has 1 atom stereocenters. The molecule has 134 valence electrons. The zero-order valence-corrected chi connectivity index (χ0v) is 15.6. The zero-order chi connectivity index (χ0) is 18.5. The molecule has 1 amide bonds. The molecule has 26 heavy (non-hydrogen) atoms. The van der Waals surface area contributed by atoms with E-state index in [1.807, 2.05) is 30.3 Å². The number of esters is 1. The van der Waals surface area contributed by atoms with E-state index < -0.39 is 11.9 Å². The number of Topliss-reactive ketones (excluding diaryl/α,β-unsaturated/α-hetero) is 1. The lowest BCUT2D eigenvalue weighted by molar-refractivity contribution is -0.147. The molecule has 0 N–H and O–H groups in total. The molecule has 0 radical (unpaired) electrons. The molecule has 3 rings (SSSR count). The van der Waals surface area contributed by atoms with Crippen LogP contribution in [0.4, 0.5) is 0 Å². The van der Waals surface area contributed by atoms with Crippen molar-refractivity contribution < 1.29 is 19.1 Å². The van der Waals surface area contributed by atoms with Crippen LogP contribution in [0.3, 0.4) is 0 Å². The Morgan fingerprint density at radius 3 is 2.46 bits per heavy atom. The lowest BCUT2D eigenvalue weighted by Crippen LogP contribution is -2.27. The number of amides is 1. The molecule has 1 heterocycles. The highest BCUT2D eigenvalue weighted by molar-refractivity contribution is 9.10. The van der Waals surface area contributed by atoms with Crippen LogP contribution in [0.15, 0.2) is 59.1 Å². The van der Waals surface area contributed by atoms with Gasteiger partial charge in [-0.3, -0.25) is 14.4 Å². The summed E-state index contributed by atoms with van der Waals surface area (Å²) in [5.74, 6) is -1.37. The van der Waals surface area contributed by atoms with E-state index in [-0.39, 0.29) is 24.7 Å². The Hall–Kier alpha value is -2.47. The second kappa shape index (κ2) is 8.27. The Kier molecular flexibility index (Phi) is 5.83. The number of carbonyl (C=O) groups excluding carboxylic acids is 3. The molecule has 2 aromatic rings. The molecule has 0 saturated carbocycles. The van der Waals surface area contributed by atoms with E-state index in [1.165, 1.54) is 0 Å². The van der Waals surface area contributed by atoms with E-state index in [9.17, 15) is 14.4 Å². The quantitative estimate of drug-likeness (QED) is 0.536. The first kappa shape index (κ1) is 18.3.